The Morgan fingerprint density at radius 1 is 1.44 bits per heavy atom. The van der Waals surface area contributed by atoms with Crippen molar-refractivity contribution in [2.75, 3.05) is 0 Å². The Labute approximate surface area is 99.3 Å². The van der Waals surface area contributed by atoms with E-state index in [9.17, 15) is 5.11 Å². The van der Waals surface area contributed by atoms with Crippen LogP contribution in [-0.4, -0.2) is 11.2 Å². The Hall–Kier alpha value is -0.560. The molecule has 0 amide bonds. The monoisotopic (exact) mass is 220 g/mol. The fraction of sp³-hybridized carbons (Fsp3) is 0.733. The maximum Gasteiger partial charge on any atom is 0.0750 e. The minimum absolute atomic E-state index is 0.252. The minimum Gasteiger partial charge on any atom is -0.389 e. The van der Waals surface area contributed by atoms with Crippen molar-refractivity contribution in [1.82, 2.24) is 0 Å². The molecular weight excluding hydrogens is 196 g/mol. The highest BCUT2D eigenvalue weighted by Crippen LogP contribution is 2.56. The third-order valence-corrected chi connectivity index (χ3v) is 4.72. The molecule has 0 aromatic rings. The molecule has 0 aromatic carbocycles. The summed E-state index contributed by atoms with van der Waals surface area (Å²) >= 11 is 0. The zero-order valence-electron chi connectivity index (χ0n) is 10.8. The molecule has 0 bridgehead atoms. The molecule has 0 saturated heterocycles. The average Bonchev–Trinajstić information content (AvgIpc) is 2.24. The molecule has 0 aliphatic heterocycles. The van der Waals surface area contributed by atoms with Gasteiger partial charge in [-0.3, -0.25) is 0 Å². The Balaban J connectivity index is 2.18. The third kappa shape index (κ3) is 1.98. The van der Waals surface area contributed by atoms with E-state index in [0.717, 1.165) is 30.8 Å². The minimum atomic E-state index is -0.252. The van der Waals surface area contributed by atoms with Gasteiger partial charge in [-0.25, -0.2) is 0 Å². The van der Waals surface area contributed by atoms with Gasteiger partial charge in [-0.1, -0.05) is 32.1 Å². The lowest BCUT2D eigenvalue weighted by molar-refractivity contribution is 0.0119. The molecular formula is C15H24O. The largest absolute Gasteiger partial charge is 0.389 e. The molecule has 2 rings (SSSR count). The van der Waals surface area contributed by atoms with Crippen molar-refractivity contribution >= 4 is 0 Å². The molecule has 1 heteroatoms. The molecule has 3 atom stereocenters. The molecule has 2 aliphatic rings. The summed E-state index contributed by atoms with van der Waals surface area (Å²) in [4.78, 5) is 0. The van der Waals surface area contributed by atoms with Crippen molar-refractivity contribution in [2.45, 2.75) is 52.6 Å². The van der Waals surface area contributed by atoms with Gasteiger partial charge in [0.15, 0.2) is 0 Å². The predicted octanol–water partition coefficient (Wildman–Crippen LogP) is 3.70. The van der Waals surface area contributed by atoms with Gasteiger partial charge in [0.05, 0.1) is 6.10 Å². The summed E-state index contributed by atoms with van der Waals surface area (Å²) in [6, 6.07) is 0. The molecule has 1 N–H and O–H groups in total. The van der Waals surface area contributed by atoms with Gasteiger partial charge >= 0.3 is 0 Å². The molecule has 0 heterocycles. The van der Waals surface area contributed by atoms with Crippen molar-refractivity contribution in [3.63, 3.8) is 0 Å². The Morgan fingerprint density at radius 2 is 2.12 bits per heavy atom. The maximum atomic E-state index is 9.94. The Morgan fingerprint density at radius 3 is 2.75 bits per heavy atom. The normalized spacial score (nSPS) is 41.9. The van der Waals surface area contributed by atoms with Crippen molar-refractivity contribution < 1.29 is 5.11 Å². The fourth-order valence-corrected chi connectivity index (χ4v) is 3.34. The second kappa shape index (κ2) is 4.03. The number of aliphatic hydroxyl groups excluding tert-OH is 1. The van der Waals surface area contributed by atoms with Crippen LogP contribution in [0.25, 0.3) is 0 Å². The predicted molar refractivity (Wildman–Crippen MR) is 68.1 cm³/mol. The van der Waals surface area contributed by atoms with Gasteiger partial charge in [-0.05, 0) is 55.4 Å². The molecule has 0 radical (unpaired) electrons. The SMILES string of the molecule is C=C1CC[C@@H](O)/C(C)=C\CC2C1CC2(C)C. The fourth-order valence-electron chi connectivity index (χ4n) is 3.34. The van der Waals surface area contributed by atoms with Crippen molar-refractivity contribution in [1.29, 1.82) is 0 Å². The first-order chi connectivity index (χ1) is 7.42. The lowest BCUT2D eigenvalue weighted by atomic mass is 9.52. The first kappa shape index (κ1) is 11.9. The van der Waals surface area contributed by atoms with Crippen molar-refractivity contribution in [3.8, 4) is 0 Å². The van der Waals surface area contributed by atoms with Gasteiger partial charge in [0.25, 0.3) is 0 Å². The molecule has 1 saturated carbocycles. The number of hydrogen-bond donors (Lipinski definition) is 1. The summed E-state index contributed by atoms with van der Waals surface area (Å²) < 4.78 is 0. The van der Waals surface area contributed by atoms with Gasteiger partial charge in [0.1, 0.15) is 0 Å². The van der Waals surface area contributed by atoms with Crippen LogP contribution in [-0.2, 0) is 0 Å². The second-order valence-electron chi connectivity index (χ2n) is 6.30. The summed E-state index contributed by atoms with van der Waals surface area (Å²) in [5.41, 5.74) is 2.97. The first-order valence-electron chi connectivity index (χ1n) is 6.44. The molecule has 0 spiro atoms. The molecule has 2 unspecified atom stereocenters. The van der Waals surface area contributed by atoms with Crippen LogP contribution in [0.5, 0.6) is 0 Å². The maximum absolute atomic E-state index is 9.94. The lowest BCUT2D eigenvalue weighted by Crippen LogP contribution is -2.44. The van der Waals surface area contributed by atoms with E-state index in [0.29, 0.717) is 11.3 Å². The van der Waals surface area contributed by atoms with E-state index in [1.807, 2.05) is 0 Å². The molecule has 1 nitrogen and oxygen atoms in total. The third-order valence-electron chi connectivity index (χ3n) is 4.72. The number of aliphatic hydroxyl groups is 1. The van der Waals surface area contributed by atoms with Gasteiger partial charge < -0.3 is 5.11 Å². The molecule has 16 heavy (non-hydrogen) atoms. The van der Waals surface area contributed by atoms with E-state index in [2.05, 4.69) is 33.4 Å². The van der Waals surface area contributed by atoms with E-state index >= 15 is 0 Å². The molecule has 1 fully saturated rings. The smallest absolute Gasteiger partial charge is 0.0750 e. The Kier molecular flexibility index (Phi) is 3.00. The van der Waals surface area contributed by atoms with Crippen LogP contribution < -0.4 is 0 Å². The standard InChI is InChI=1S/C15H24O/c1-10-6-8-14(16)11(2)5-7-13-12(10)9-15(13,3)4/h5,12-14,16H,1,6-9H2,2-4H3/b11-5-/t12?,13?,14-/m1/s1. The van der Waals surface area contributed by atoms with Crippen LogP contribution in [0.15, 0.2) is 23.8 Å². The van der Waals surface area contributed by atoms with E-state index < -0.39 is 0 Å². The summed E-state index contributed by atoms with van der Waals surface area (Å²) in [6.45, 7) is 11.0. The molecule has 0 aromatic heterocycles. The van der Waals surface area contributed by atoms with E-state index in [-0.39, 0.29) is 6.10 Å². The Bertz CT molecular complexity index is 324. The van der Waals surface area contributed by atoms with E-state index in [4.69, 9.17) is 0 Å². The van der Waals surface area contributed by atoms with Crippen molar-refractivity contribution in [2.24, 2.45) is 17.3 Å². The van der Waals surface area contributed by atoms with E-state index in [1.54, 1.807) is 0 Å². The number of hydrogen-bond acceptors (Lipinski definition) is 1. The van der Waals surface area contributed by atoms with Crippen LogP contribution in [0, 0.1) is 17.3 Å². The summed E-state index contributed by atoms with van der Waals surface area (Å²) in [5.74, 6) is 1.43. The quantitative estimate of drug-likeness (QED) is 0.617. The van der Waals surface area contributed by atoms with Gasteiger partial charge in [0.2, 0.25) is 0 Å². The first-order valence-corrected chi connectivity index (χ1v) is 6.44. The van der Waals surface area contributed by atoms with E-state index in [1.165, 1.54) is 12.0 Å². The zero-order valence-corrected chi connectivity index (χ0v) is 10.8. The molecule has 2 aliphatic carbocycles. The lowest BCUT2D eigenvalue weighted by Gasteiger charge is -2.52. The van der Waals surface area contributed by atoms with Gasteiger partial charge in [-0.2, -0.15) is 0 Å². The highest BCUT2D eigenvalue weighted by atomic mass is 16.3. The zero-order chi connectivity index (χ0) is 11.9. The van der Waals surface area contributed by atoms with Crippen LogP contribution in [0.2, 0.25) is 0 Å². The van der Waals surface area contributed by atoms with Crippen molar-refractivity contribution in [3.05, 3.63) is 23.8 Å². The number of allylic oxidation sites excluding steroid dienone is 2. The van der Waals surface area contributed by atoms with Gasteiger partial charge in [0, 0.05) is 0 Å². The summed E-state index contributed by atoms with van der Waals surface area (Å²) in [5, 5.41) is 9.94. The van der Waals surface area contributed by atoms with Gasteiger partial charge in [-0.15, -0.1) is 0 Å². The highest BCUT2D eigenvalue weighted by molar-refractivity contribution is 5.18. The van der Waals surface area contributed by atoms with Crippen LogP contribution in [0.4, 0.5) is 0 Å². The summed E-state index contributed by atoms with van der Waals surface area (Å²) in [6.07, 6.45) is 6.23. The van der Waals surface area contributed by atoms with Crippen LogP contribution in [0.1, 0.15) is 46.5 Å². The molecule has 90 valence electrons. The van der Waals surface area contributed by atoms with Crippen LogP contribution in [0.3, 0.4) is 0 Å². The number of fused-ring (bicyclic) bond motifs is 1. The van der Waals surface area contributed by atoms with Crippen LogP contribution >= 0.6 is 0 Å². The summed E-state index contributed by atoms with van der Waals surface area (Å²) in [7, 11) is 0. The number of rotatable bonds is 0. The highest BCUT2D eigenvalue weighted by Gasteiger charge is 2.47. The topological polar surface area (TPSA) is 20.2 Å². The average molecular weight is 220 g/mol. The second-order valence-corrected chi connectivity index (χ2v) is 6.30.